The van der Waals surface area contributed by atoms with Crippen molar-refractivity contribution in [2.45, 2.75) is 97.3 Å². The summed E-state index contributed by atoms with van der Waals surface area (Å²) in [6.45, 7) is 4.07. The van der Waals surface area contributed by atoms with Crippen molar-refractivity contribution in [3.05, 3.63) is 12.2 Å². The number of allylic oxidation sites excluding steroid dienone is 2. The molecule has 0 aliphatic carbocycles. The van der Waals surface area contributed by atoms with Crippen molar-refractivity contribution in [1.82, 2.24) is 5.32 Å². The van der Waals surface area contributed by atoms with E-state index in [0.29, 0.717) is 0 Å². The minimum absolute atomic E-state index is 0.0346. The monoisotopic (exact) mass is 403 g/mol. The van der Waals surface area contributed by atoms with Gasteiger partial charge in [0, 0.05) is 12.5 Å². The summed E-state index contributed by atoms with van der Waals surface area (Å²) >= 11 is 0. The van der Waals surface area contributed by atoms with Gasteiger partial charge in [0.05, 0.1) is 5.75 Å². The first kappa shape index (κ1) is 26.1. The van der Waals surface area contributed by atoms with Gasteiger partial charge in [-0.2, -0.15) is 8.42 Å². The molecule has 0 fully saturated rings. The van der Waals surface area contributed by atoms with Gasteiger partial charge in [0.25, 0.3) is 10.1 Å². The molecule has 0 rings (SSSR count). The van der Waals surface area contributed by atoms with Crippen LogP contribution < -0.4 is 5.32 Å². The van der Waals surface area contributed by atoms with E-state index in [9.17, 15) is 13.2 Å². The SMILES string of the molecule is CCCCCCCC/C=C\CCCCCCC(C)C(=O)NCCS(=O)(=O)O. The van der Waals surface area contributed by atoms with E-state index in [0.717, 1.165) is 25.7 Å². The zero-order valence-corrected chi connectivity index (χ0v) is 18.2. The lowest BCUT2D eigenvalue weighted by atomic mass is 10.0. The molecule has 2 N–H and O–H groups in total. The minimum Gasteiger partial charge on any atom is -0.355 e. The average Bonchev–Trinajstić information content (AvgIpc) is 2.60. The zero-order chi connectivity index (χ0) is 20.4. The quantitative estimate of drug-likeness (QED) is 0.185. The largest absolute Gasteiger partial charge is 0.355 e. The van der Waals surface area contributed by atoms with E-state index in [4.69, 9.17) is 4.55 Å². The van der Waals surface area contributed by atoms with Gasteiger partial charge in [-0.25, -0.2) is 0 Å². The maximum atomic E-state index is 11.8. The van der Waals surface area contributed by atoms with Crippen molar-refractivity contribution in [1.29, 1.82) is 0 Å². The fraction of sp³-hybridized carbons (Fsp3) is 0.857. The Morgan fingerprint density at radius 3 is 2.00 bits per heavy atom. The summed E-state index contributed by atoms with van der Waals surface area (Å²) < 4.78 is 29.8. The minimum atomic E-state index is -4.01. The molecule has 1 amide bonds. The van der Waals surface area contributed by atoms with Crippen LogP contribution in [-0.2, 0) is 14.9 Å². The molecule has 160 valence electrons. The Morgan fingerprint density at radius 1 is 0.926 bits per heavy atom. The van der Waals surface area contributed by atoms with Crippen LogP contribution in [0.2, 0.25) is 0 Å². The second kappa shape index (κ2) is 17.2. The molecule has 1 unspecified atom stereocenters. The van der Waals surface area contributed by atoms with Crippen molar-refractivity contribution in [2.24, 2.45) is 5.92 Å². The lowest BCUT2D eigenvalue weighted by Gasteiger charge is -2.11. The number of nitrogens with one attached hydrogen (secondary N) is 1. The van der Waals surface area contributed by atoms with Crippen LogP contribution in [0.3, 0.4) is 0 Å². The highest BCUT2D eigenvalue weighted by Gasteiger charge is 2.13. The average molecular weight is 404 g/mol. The molecule has 0 aliphatic heterocycles. The van der Waals surface area contributed by atoms with E-state index >= 15 is 0 Å². The second-order valence-corrected chi connectivity index (χ2v) is 9.07. The number of rotatable bonds is 18. The second-order valence-electron chi connectivity index (χ2n) is 7.50. The summed E-state index contributed by atoms with van der Waals surface area (Å²) in [5.74, 6) is -0.697. The molecular formula is C21H41NO4S. The van der Waals surface area contributed by atoms with Gasteiger partial charge < -0.3 is 5.32 Å². The van der Waals surface area contributed by atoms with E-state index in [-0.39, 0.29) is 18.4 Å². The molecule has 0 aromatic carbocycles. The Balaban J connectivity index is 3.44. The van der Waals surface area contributed by atoms with Crippen molar-refractivity contribution in [3.8, 4) is 0 Å². The number of carbonyl (C=O) groups excluding carboxylic acids is 1. The maximum Gasteiger partial charge on any atom is 0.266 e. The fourth-order valence-electron chi connectivity index (χ4n) is 2.95. The van der Waals surface area contributed by atoms with Gasteiger partial charge in [0.2, 0.25) is 5.91 Å². The number of carbonyl (C=O) groups is 1. The Labute approximate surface area is 167 Å². The lowest BCUT2D eigenvalue weighted by molar-refractivity contribution is -0.124. The van der Waals surface area contributed by atoms with E-state index in [1.807, 2.05) is 6.92 Å². The van der Waals surface area contributed by atoms with Crippen molar-refractivity contribution < 1.29 is 17.8 Å². The molecule has 0 bridgehead atoms. The van der Waals surface area contributed by atoms with E-state index < -0.39 is 15.9 Å². The fourth-order valence-corrected chi connectivity index (χ4v) is 3.31. The summed E-state index contributed by atoms with van der Waals surface area (Å²) in [5.41, 5.74) is 0. The molecule has 0 heterocycles. The molecule has 0 aromatic heterocycles. The van der Waals surface area contributed by atoms with Crippen LogP contribution in [0.4, 0.5) is 0 Å². The molecule has 27 heavy (non-hydrogen) atoms. The van der Waals surface area contributed by atoms with Crippen LogP contribution in [0.1, 0.15) is 97.3 Å². The third-order valence-electron chi connectivity index (χ3n) is 4.76. The predicted octanol–water partition coefficient (Wildman–Crippen LogP) is 5.27. The molecule has 1 atom stereocenters. The maximum absolute atomic E-state index is 11.8. The van der Waals surface area contributed by atoms with Crippen LogP contribution >= 0.6 is 0 Å². The number of amides is 1. The number of unbranched alkanes of at least 4 members (excludes halogenated alkanes) is 10. The third kappa shape index (κ3) is 19.7. The van der Waals surface area contributed by atoms with E-state index in [1.165, 1.54) is 57.8 Å². The van der Waals surface area contributed by atoms with Gasteiger partial charge in [-0.15, -0.1) is 0 Å². The number of hydrogen-bond donors (Lipinski definition) is 2. The highest BCUT2D eigenvalue weighted by atomic mass is 32.2. The van der Waals surface area contributed by atoms with Crippen LogP contribution in [0.5, 0.6) is 0 Å². The molecular weight excluding hydrogens is 362 g/mol. The number of hydrogen-bond acceptors (Lipinski definition) is 3. The van der Waals surface area contributed by atoms with Gasteiger partial charge in [-0.3, -0.25) is 9.35 Å². The normalized spacial score (nSPS) is 13.1. The molecule has 5 nitrogen and oxygen atoms in total. The van der Waals surface area contributed by atoms with Crippen LogP contribution in [0, 0.1) is 5.92 Å². The van der Waals surface area contributed by atoms with Gasteiger partial charge in [-0.05, 0) is 32.1 Å². The molecule has 0 aliphatic rings. The molecule has 0 aromatic rings. The first-order chi connectivity index (χ1) is 12.9. The van der Waals surface area contributed by atoms with Crippen LogP contribution in [0.25, 0.3) is 0 Å². The highest BCUT2D eigenvalue weighted by Crippen LogP contribution is 2.12. The predicted molar refractivity (Wildman–Crippen MR) is 113 cm³/mol. The van der Waals surface area contributed by atoms with Gasteiger partial charge in [0.1, 0.15) is 0 Å². The lowest BCUT2D eigenvalue weighted by Crippen LogP contribution is -2.33. The van der Waals surface area contributed by atoms with Crippen LogP contribution in [0.15, 0.2) is 12.2 Å². The highest BCUT2D eigenvalue weighted by molar-refractivity contribution is 7.85. The summed E-state index contributed by atoms with van der Waals surface area (Å²) in [4.78, 5) is 11.8. The van der Waals surface area contributed by atoms with E-state index in [1.54, 1.807) is 0 Å². The smallest absolute Gasteiger partial charge is 0.266 e. The van der Waals surface area contributed by atoms with Gasteiger partial charge in [-0.1, -0.05) is 77.4 Å². The molecule has 6 heteroatoms. The Morgan fingerprint density at radius 2 is 1.44 bits per heavy atom. The Hall–Kier alpha value is -0.880. The van der Waals surface area contributed by atoms with Crippen LogP contribution in [-0.4, -0.2) is 31.2 Å². The summed E-state index contributed by atoms with van der Waals surface area (Å²) in [6.07, 6.45) is 20.4. The van der Waals surface area contributed by atoms with Crippen molar-refractivity contribution in [2.75, 3.05) is 12.3 Å². The Kier molecular flexibility index (Phi) is 16.7. The standard InChI is InChI=1S/C21H41NO4S/c1-3-4-5-6-7-8-9-10-11-12-13-14-15-16-17-20(2)21(23)22-18-19-27(24,25)26/h10-11,20H,3-9,12-19H2,1-2H3,(H,22,23)(H,24,25,26)/b11-10-. The molecule has 0 saturated heterocycles. The molecule has 0 radical (unpaired) electrons. The van der Waals surface area contributed by atoms with E-state index in [2.05, 4.69) is 24.4 Å². The summed E-state index contributed by atoms with van der Waals surface area (Å²) in [6, 6.07) is 0. The third-order valence-corrected chi connectivity index (χ3v) is 5.48. The van der Waals surface area contributed by atoms with Crippen molar-refractivity contribution >= 4 is 16.0 Å². The van der Waals surface area contributed by atoms with Gasteiger partial charge >= 0.3 is 0 Å². The molecule has 0 saturated carbocycles. The Bertz CT molecular complexity index is 488. The zero-order valence-electron chi connectivity index (χ0n) is 17.4. The first-order valence-electron chi connectivity index (χ1n) is 10.7. The summed E-state index contributed by atoms with van der Waals surface area (Å²) in [5, 5.41) is 2.55. The first-order valence-corrected chi connectivity index (χ1v) is 12.4. The van der Waals surface area contributed by atoms with Crippen molar-refractivity contribution in [3.63, 3.8) is 0 Å². The summed E-state index contributed by atoms with van der Waals surface area (Å²) in [7, 11) is -4.01. The molecule has 0 spiro atoms. The topological polar surface area (TPSA) is 83.5 Å². The van der Waals surface area contributed by atoms with Gasteiger partial charge in [0.15, 0.2) is 0 Å².